The molecule has 2 aromatic rings. The maximum Gasteiger partial charge on any atom is 0.342 e. The maximum absolute atomic E-state index is 11.5. The van der Waals surface area contributed by atoms with Crippen LogP contribution in [0.1, 0.15) is 21.1 Å². The number of aromatic amines is 1. The highest BCUT2D eigenvalue weighted by Crippen LogP contribution is 2.09. The molecule has 0 radical (unpaired) electrons. The van der Waals surface area contributed by atoms with Gasteiger partial charge in [-0.15, -0.1) is 11.3 Å². The van der Waals surface area contributed by atoms with Crippen molar-refractivity contribution in [1.82, 2.24) is 14.5 Å². The molecule has 0 bridgehead atoms. The summed E-state index contributed by atoms with van der Waals surface area (Å²) in [6.07, 6.45) is 1.03. The molecule has 2 heterocycles. The molecule has 2 aromatic heterocycles. The molecule has 0 unspecified atom stereocenters. The van der Waals surface area contributed by atoms with Crippen molar-refractivity contribution in [2.45, 2.75) is 13.5 Å². The third-order valence-corrected chi connectivity index (χ3v) is 3.16. The number of aromatic nitrogens is 3. The normalized spacial score (nSPS) is 10.5. The Kier molecular flexibility index (Phi) is 3.11. The number of aryl methyl sites for hydroxylation is 1. The van der Waals surface area contributed by atoms with Crippen LogP contribution in [-0.4, -0.2) is 25.6 Å². The van der Waals surface area contributed by atoms with E-state index in [1.807, 2.05) is 17.3 Å². The van der Waals surface area contributed by atoms with Crippen molar-refractivity contribution < 1.29 is 9.90 Å². The molecule has 0 spiro atoms. The third-order valence-electron chi connectivity index (χ3n) is 2.21. The summed E-state index contributed by atoms with van der Waals surface area (Å²) in [5.41, 5.74) is -1.20. The van der Waals surface area contributed by atoms with Crippen molar-refractivity contribution in [1.29, 1.82) is 0 Å². The summed E-state index contributed by atoms with van der Waals surface area (Å²) in [5, 5.41) is 11.3. The van der Waals surface area contributed by atoms with E-state index in [0.717, 1.165) is 16.5 Å². The quantitative estimate of drug-likeness (QED) is 0.817. The van der Waals surface area contributed by atoms with Crippen LogP contribution in [0.2, 0.25) is 0 Å². The Balaban J connectivity index is 2.45. The fraction of sp³-hybridized carbons (Fsp3) is 0.200. The molecule has 0 aromatic carbocycles. The molecule has 0 aliphatic heterocycles. The van der Waals surface area contributed by atoms with Gasteiger partial charge in [0.25, 0.3) is 5.56 Å². The van der Waals surface area contributed by atoms with Gasteiger partial charge >= 0.3 is 11.7 Å². The van der Waals surface area contributed by atoms with E-state index in [9.17, 15) is 14.4 Å². The summed E-state index contributed by atoms with van der Waals surface area (Å²) in [6, 6.07) is 0. The number of H-pyrrole nitrogens is 1. The number of nitrogens with zero attached hydrogens (tertiary/aromatic N) is 2. The topological polar surface area (TPSA) is 105 Å². The van der Waals surface area contributed by atoms with Gasteiger partial charge in [0.1, 0.15) is 10.6 Å². The Morgan fingerprint density at radius 3 is 2.83 bits per heavy atom. The lowest BCUT2D eigenvalue weighted by molar-refractivity contribution is 0.0693. The van der Waals surface area contributed by atoms with E-state index in [0.29, 0.717) is 5.01 Å². The Labute approximate surface area is 104 Å². The van der Waals surface area contributed by atoms with Gasteiger partial charge in [-0.05, 0) is 6.92 Å². The molecule has 0 saturated heterocycles. The fourth-order valence-corrected chi connectivity index (χ4v) is 2.17. The molecule has 94 valence electrons. The lowest BCUT2D eigenvalue weighted by Gasteiger charge is -2.03. The van der Waals surface area contributed by atoms with Gasteiger partial charge in [-0.25, -0.2) is 14.6 Å². The van der Waals surface area contributed by atoms with E-state index in [1.54, 1.807) is 0 Å². The second kappa shape index (κ2) is 4.57. The number of thiazole rings is 1. The fourth-order valence-electron chi connectivity index (χ4n) is 1.40. The van der Waals surface area contributed by atoms with Crippen molar-refractivity contribution in [3.05, 3.63) is 48.7 Å². The van der Waals surface area contributed by atoms with E-state index in [-0.39, 0.29) is 6.54 Å². The first-order valence-electron chi connectivity index (χ1n) is 4.95. The van der Waals surface area contributed by atoms with E-state index in [2.05, 4.69) is 4.98 Å². The Bertz CT molecular complexity index is 712. The largest absolute Gasteiger partial charge is 0.477 e. The smallest absolute Gasteiger partial charge is 0.342 e. The summed E-state index contributed by atoms with van der Waals surface area (Å²) in [4.78, 5) is 39.7. The van der Waals surface area contributed by atoms with Gasteiger partial charge < -0.3 is 5.11 Å². The zero-order valence-electron chi connectivity index (χ0n) is 9.34. The zero-order valence-corrected chi connectivity index (χ0v) is 10.2. The molecule has 0 aliphatic rings. The molecular formula is C10H9N3O4S. The average Bonchev–Trinajstić information content (AvgIpc) is 2.67. The first kappa shape index (κ1) is 12.2. The van der Waals surface area contributed by atoms with Gasteiger partial charge in [-0.3, -0.25) is 14.3 Å². The Morgan fingerprint density at radius 2 is 2.28 bits per heavy atom. The van der Waals surface area contributed by atoms with Crippen LogP contribution in [0.25, 0.3) is 0 Å². The van der Waals surface area contributed by atoms with Gasteiger partial charge in [-0.1, -0.05) is 0 Å². The SMILES string of the molecule is Cc1csc(Cn2cc(C(=O)O)c(=O)[nH]c2=O)n1. The molecule has 7 nitrogen and oxygen atoms in total. The van der Waals surface area contributed by atoms with Crippen molar-refractivity contribution >= 4 is 17.3 Å². The van der Waals surface area contributed by atoms with Crippen molar-refractivity contribution in [3.8, 4) is 0 Å². The van der Waals surface area contributed by atoms with Crippen LogP contribution in [0.5, 0.6) is 0 Å². The van der Waals surface area contributed by atoms with Crippen LogP contribution in [0, 0.1) is 6.92 Å². The summed E-state index contributed by atoms with van der Waals surface area (Å²) < 4.78 is 1.11. The number of hydrogen-bond acceptors (Lipinski definition) is 5. The highest BCUT2D eigenvalue weighted by atomic mass is 32.1. The Morgan fingerprint density at radius 1 is 1.56 bits per heavy atom. The lowest BCUT2D eigenvalue weighted by Crippen LogP contribution is -2.33. The minimum absolute atomic E-state index is 0.133. The molecule has 2 rings (SSSR count). The van der Waals surface area contributed by atoms with Gasteiger partial charge in [-0.2, -0.15) is 0 Å². The molecule has 0 atom stereocenters. The molecule has 8 heteroatoms. The van der Waals surface area contributed by atoms with Crippen LogP contribution >= 0.6 is 11.3 Å². The van der Waals surface area contributed by atoms with E-state index < -0.39 is 22.8 Å². The number of nitrogens with one attached hydrogen (secondary N) is 1. The highest BCUT2D eigenvalue weighted by Gasteiger charge is 2.12. The standard InChI is InChI=1S/C10H9N3O4S/c1-5-4-18-7(11-5)3-13-2-6(9(15)16)8(14)12-10(13)17/h2,4H,3H2,1H3,(H,15,16)(H,12,14,17). The van der Waals surface area contributed by atoms with E-state index in [1.165, 1.54) is 11.3 Å². The Hall–Kier alpha value is -2.22. The predicted molar refractivity (Wildman–Crippen MR) is 64.2 cm³/mol. The number of hydrogen-bond donors (Lipinski definition) is 2. The van der Waals surface area contributed by atoms with E-state index >= 15 is 0 Å². The lowest BCUT2D eigenvalue weighted by atomic mass is 10.3. The summed E-state index contributed by atoms with van der Waals surface area (Å²) in [7, 11) is 0. The number of aromatic carboxylic acids is 1. The number of rotatable bonds is 3. The average molecular weight is 267 g/mol. The van der Waals surface area contributed by atoms with Crippen molar-refractivity contribution in [3.63, 3.8) is 0 Å². The minimum atomic E-state index is -1.37. The number of carboxylic acids is 1. The maximum atomic E-state index is 11.5. The van der Waals surface area contributed by atoms with Gasteiger partial charge in [0.05, 0.1) is 6.54 Å². The van der Waals surface area contributed by atoms with Crippen LogP contribution in [-0.2, 0) is 6.54 Å². The highest BCUT2D eigenvalue weighted by molar-refractivity contribution is 7.09. The molecular weight excluding hydrogens is 258 g/mol. The first-order valence-corrected chi connectivity index (χ1v) is 5.83. The van der Waals surface area contributed by atoms with Crippen LogP contribution < -0.4 is 11.2 Å². The third kappa shape index (κ3) is 2.38. The monoisotopic (exact) mass is 267 g/mol. The van der Waals surface area contributed by atoms with Gasteiger partial charge in [0.2, 0.25) is 0 Å². The second-order valence-corrected chi connectivity index (χ2v) is 4.56. The molecule has 2 N–H and O–H groups in total. The minimum Gasteiger partial charge on any atom is -0.477 e. The molecule has 0 fully saturated rings. The summed E-state index contributed by atoms with van der Waals surface area (Å²) in [5.74, 6) is -1.37. The van der Waals surface area contributed by atoms with Crippen molar-refractivity contribution in [2.75, 3.05) is 0 Å². The van der Waals surface area contributed by atoms with Gasteiger partial charge in [0, 0.05) is 17.3 Å². The van der Waals surface area contributed by atoms with Crippen molar-refractivity contribution in [2.24, 2.45) is 0 Å². The van der Waals surface area contributed by atoms with Gasteiger partial charge in [0.15, 0.2) is 0 Å². The molecule has 0 saturated carbocycles. The molecule has 18 heavy (non-hydrogen) atoms. The zero-order chi connectivity index (χ0) is 13.3. The number of carboxylic acid groups (broad SMARTS) is 1. The van der Waals surface area contributed by atoms with Crippen LogP contribution in [0.15, 0.2) is 21.2 Å². The first-order chi connectivity index (χ1) is 8.47. The molecule has 0 aliphatic carbocycles. The van der Waals surface area contributed by atoms with Crippen LogP contribution in [0.4, 0.5) is 0 Å². The second-order valence-electron chi connectivity index (χ2n) is 3.62. The van der Waals surface area contributed by atoms with Crippen LogP contribution in [0.3, 0.4) is 0 Å². The summed E-state index contributed by atoms with van der Waals surface area (Å²) in [6.45, 7) is 1.95. The molecule has 0 amide bonds. The number of carbonyl (C=O) groups is 1. The predicted octanol–water partition coefficient (Wildman–Crippen LogP) is 0.0480. The van der Waals surface area contributed by atoms with E-state index in [4.69, 9.17) is 5.11 Å². The summed E-state index contributed by atoms with van der Waals surface area (Å²) >= 11 is 1.36.